The highest BCUT2D eigenvalue weighted by molar-refractivity contribution is 5.65. The van der Waals surface area contributed by atoms with Crippen LogP contribution in [0.5, 0.6) is 0 Å². The van der Waals surface area contributed by atoms with Crippen molar-refractivity contribution in [1.29, 1.82) is 0 Å². The average molecular weight is 293 g/mol. The minimum absolute atomic E-state index is 0.585. The zero-order valence-electron chi connectivity index (χ0n) is 11.9. The summed E-state index contributed by atoms with van der Waals surface area (Å²) in [6.07, 6.45) is -3.26. The summed E-state index contributed by atoms with van der Waals surface area (Å²) in [7, 11) is 0. The van der Waals surface area contributed by atoms with Crippen molar-refractivity contribution in [2.24, 2.45) is 0 Å². The smallest absolute Gasteiger partial charge is 0.313 e. The summed E-state index contributed by atoms with van der Waals surface area (Å²) in [5.74, 6) is 0. The zero-order chi connectivity index (χ0) is 15.3. The largest absolute Gasteiger partial charge is 0.416 e. The van der Waals surface area contributed by atoms with Gasteiger partial charge in [0.1, 0.15) is 0 Å². The molecular weight excluding hydrogens is 275 g/mol. The first-order valence-electron chi connectivity index (χ1n) is 6.98. The molecule has 1 nitrogen and oxygen atoms in total. The third kappa shape index (κ3) is 4.33. The number of benzene rings is 2. The molecule has 4 heteroatoms. The van der Waals surface area contributed by atoms with Crippen LogP contribution in [0.15, 0.2) is 48.5 Å². The maximum absolute atomic E-state index is 12.8. The normalized spacial score (nSPS) is 11.6. The van der Waals surface area contributed by atoms with Crippen molar-refractivity contribution in [3.8, 4) is 11.1 Å². The molecule has 0 unspecified atom stereocenters. The minimum atomic E-state index is -4.31. The van der Waals surface area contributed by atoms with Crippen molar-refractivity contribution in [3.63, 3.8) is 0 Å². The summed E-state index contributed by atoms with van der Waals surface area (Å²) in [4.78, 5) is 0. The Morgan fingerprint density at radius 2 is 1.62 bits per heavy atom. The first-order valence-corrected chi connectivity index (χ1v) is 6.98. The number of halogens is 3. The Bertz CT molecular complexity index is 591. The van der Waals surface area contributed by atoms with Gasteiger partial charge < -0.3 is 5.32 Å². The van der Waals surface area contributed by atoms with E-state index in [0.29, 0.717) is 5.56 Å². The van der Waals surface area contributed by atoms with Crippen LogP contribution in [0, 0.1) is 0 Å². The van der Waals surface area contributed by atoms with Crippen molar-refractivity contribution < 1.29 is 13.2 Å². The van der Waals surface area contributed by atoms with Gasteiger partial charge in [0.25, 0.3) is 0 Å². The van der Waals surface area contributed by atoms with Crippen LogP contribution in [0.4, 0.5) is 13.2 Å². The highest BCUT2D eigenvalue weighted by atomic mass is 19.4. The van der Waals surface area contributed by atoms with Crippen LogP contribution in [0.1, 0.15) is 24.5 Å². The maximum Gasteiger partial charge on any atom is 0.416 e. The lowest BCUT2D eigenvalue weighted by atomic mass is 10.0. The lowest BCUT2D eigenvalue weighted by molar-refractivity contribution is -0.137. The lowest BCUT2D eigenvalue weighted by Crippen LogP contribution is -2.13. The van der Waals surface area contributed by atoms with Gasteiger partial charge in [-0.2, -0.15) is 13.2 Å². The zero-order valence-corrected chi connectivity index (χ0v) is 11.9. The molecule has 0 aliphatic carbocycles. The van der Waals surface area contributed by atoms with E-state index in [-0.39, 0.29) is 0 Å². The summed E-state index contributed by atoms with van der Waals surface area (Å²) in [5, 5.41) is 3.29. The van der Waals surface area contributed by atoms with Crippen molar-refractivity contribution >= 4 is 0 Å². The second kappa shape index (κ2) is 6.76. The first kappa shape index (κ1) is 15.6. The fourth-order valence-electron chi connectivity index (χ4n) is 2.15. The van der Waals surface area contributed by atoms with E-state index < -0.39 is 11.7 Å². The van der Waals surface area contributed by atoms with Gasteiger partial charge in [-0.3, -0.25) is 0 Å². The molecule has 0 bridgehead atoms. The molecule has 0 radical (unpaired) electrons. The minimum Gasteiger partial charge on any atom is -0.313 e. The van der Waals surface area contributed by atoms with Crippen molar-refractivity contribution in [1.82, 2.24) is 5.32 Å². The predicted molar refractivity (Wildman–Crippen MR) is 78.9 cm³/mol. The predicted octanol–water partition coefficient (Wildman–Crippen LogP) is 4.87. The van der Waals surface area contributed by atoms with Crippen molar-refractivity contribution in [2.75, 3.05) is 6.54 Å². The first-order chi connectivity index (χ1) is 10.0. The number of rotatable bonds is 5. The van der Waals surface area contributed by atoms with E-state index in [2.05, 4.69) is 12.2 Å². The van der Waals surface area contributed by atoms with E-state index in [1.807, 2.05) is 24.3 Å². The topological polar surface area (TPSA) is 12.0 Å². The van der Waals surface area contributed by atoms with Gasteiger partial charge in [-0.1, -0.05) is 37.3 Å². The molecule has 0 saturated carbocycles. The van der Waals surface area contributed by atoms with Gasteiger partial charge in [-0.15, -0.1) is 0 Å². The number of nitrogens with one attached hydrogen (secondary N) is 1. The van der Waals surface area contributed by atoms with Gasteiger partial charge in [0.05, 0.1) is 5.56 Å². The van der Waals surface area contributed by atoms with E-state index in [9.17, 15) is 13.2 Å². The monoisotopic (exact) mass is 293 g/mol. The second-order valence-electron chi connectivity index (χ2n) is 4.96. The van der Waals surface area contributed by atoms with Gasteiger partial charge in [0, 0.05) is 6.54 Å². The Labute approximate surface area is 122 Å². The highest BCUT2D eigenvalue weighted by Crippen LogP contribution is 2.32. The quantitative estimate of drug-likeness (QED) is 0.775. The Kier molecular flexibility index (Phi) is 5.02. The van der Waals surface area contributed by atoms with E-state index >= 15 is 0 Å². The SMILES string of the molecule is CCCNCc1cccc(-c2cccc(C(F)(F)F)c2)c1. The molecule has 0 aliphatic heterocycles. The second-order valence-corrected chi connectivity index (χ2v) is 4.96. The molecule has 0 aliphatic rings. The average Bonchev–Trinajstić information content (AvgIpc) is 2.47. The fraction of sp³-hybridized carbons (Fsp3) is 0.294. The van der Waals surface area contributed by atoms with Crippen LogP contribution >= 0.6 is 0 Å². The molecule has 1 N–H and O–H groups in total. The summed E-state index contributed by atoms with van der Waals surface area (Å²) in [6, 6.07) is 13.0. The van der Waals surface area contributed by atoms with Gasteiger partial charge in [-0.25, -0.2) is 0 Å². The molecule has 0 amide bonds. The van der Waals surface area contributed by atoms with Crippen LogP contribution < -0.4 is 5.32 Å². The molecule has 2 rings (SSSR count). The van der Waals surface area contributed by atoms with Crippen LogP contribution in [-0.2, 0) is 12.7 Å². The summed E-state index contributed by atoms with van der Waals surface area (Å²) in [6.45, 7) is 3.74. The van der Waals surface area contributed by atoms with Gasteiger partial charge >= 0.3 is 6.18 Å². The van der Waals surface area contributed by atoms with Gasteiger partial charge in [0.15, 0.2) is 0 Å². The summed E-state index contributed by atoms with van der Waals surface area (Å²) >= 11 is 0. The fourth-order valence-corrected chi connectivity index (χ4v) is 2.15. The molecule has 0 aromatic heterocycles. The lowest BCUT2D eigenvalue weighted by Gasteiger charge is -2.10. The molecule has 0 spiro atoms. The molecule has 21 heavy (non-hydrogen) atoms. The Hall–Kier alpha value is -1.81. The Balaban J connectivity index is 2.24. The van der Waals surface area contributed by atoms with Crippen LogP contribution in [0.3, 0.4) is 0 Å². The molecule has 0 atom stereocenters. The van der Waals surface area contributed by atoms with Gasteiger partial charge in [-0.05, 0) is 47.9 Å². The van der Waals surface area contributed by atoms with E-state index in [0.717, 1.165) is 36.7 Å². The molecule has 112 valence electrons. The standard InChI is InChI=1S/C17H18F3N/c1-2-9-21-12-13-5-3-6-14(10-13)15-7-4-8-16(11-15)17(18,19)20/h3-8,10-11,21H,2,9,12H2,1H3. The number of hydrogen-bond donors (Lipinski definition) is 1. The number of alkyl halides is 3. The molecule has 2 aromatic carbocycles. The molecule has 0 fully saturated rings. The molecule has 0 heterocycles. The number of hydrogen-bond acceptors (Lipinski definition) is 1. The summed E-state index contributed by atoms with van der Waals surface area (Å²) in [5.41, 5.74) is 1.84. The van der Waals surface area contributed by atoms with E-state index in [1.165, 1.54) is 12.1 Å². The molecule has 2 aromatic rings. The molecular formula is C17H18F3N. The molecule has 0 saturated heterocycles. The third-order valence-electron chi connectivity index (χ3n) is 3.21. The van der Waals surface area contributed by atoms with E-state index in [4.69, 9.17) is 0 Å². The van der Waals surface area contributed by atoms with E-state index in [1.54, 1.807) is 6.07 Å². The summed E-state index contributed by atoms with van der Waals surface area (Å²) < 4.78 is 38.3. The van der Waals surface area contributed by atoms with Crippen molar-refractivity contribution in [2.45, 2.75) is 26.1 Å². The van der Waals surface area contributed by atoms with Crippen LogP contribution in [0.25, 0.3) is 11.1 Å². The highest BCUT2D eigenvalue weighted by Gasteiger charge is 2.30. The third-order valence-corrected chi connectivity index (χ3v) is 3.21. The maximum atomic E-state index is 12.8. The van der Waals surface area contributed by atoms with Crippen molar-refractivity contribution in [3.05, 3.63) is 59.7 Å². The van der Waals surface area contributed by atoms with Crippen LogP contribution in [-0.4, -0.2) is 6.54 Å². The Morgan fingerprint density at radius 3 is 2.29 bits per heavy atom. The van der Waals surface area contributed by atoms with Crippen LogP contribution in [0.2, 0.25) is 0 Å². The Morgan fingerprint density at radius 1 is 0.952 bits per heavy atom. The van der Waals surface area contributed by atoms with Gasteiger partial charge in [0.2, 0.25) is 0 Å².